The van der Waals surface area contributed by atoms with Crippen LogP contribution in [0, 0.1) is 5.92 Å². The Morgan fingerprint density at radius 2 is 1.61 bits per heavy atom. The monoisotopic (exact) mass is 242 g/mol. The maximum absolute atomic E-state index is 12.2. The highest BCUT2D eigenvalue weighted by molar-refractivity contribution is 6.02. The Morgan fingerprint density at radius 1 is 1.06 bits per heavy atom. The molecule has 0 spiro atoms. The van der Waals surface area contributed by atoms with Gasteiger partial charge in [0.15, 0.2) is 5.78 Å². The van der Waals surface area contributed by atoms with E-state index in [4.69, 9.17) is 0 Å². The van der Waals surface area contributed by atoms with Crippen molar-refractivity contribution in [1.29, 1.82) is 0 Å². The van der Waals surface area contributed by atoms with Gasteiger partial charge in [-0.25, -0.2) is 0 Å². The van der Waals surface area contributed by atoms with Gasteiger partial charge in [0.05, 0.1) is 0 Å². The minimum atomic E-state index is 0.175. The number of rotatable bonds is 0. The molecule has 1 unspecified atom stereocenters. The van der Waals surface area contributed by atoms with E-state index in [1.807, 2.05) is 6.92 Å². The largest absolute Gasteiger partial charge is 0.294 e. The van der Waals surface area contributed by atoms with Gasteiger partial charge in [0.1, 0.15) is 0 Å². The third-order valence-corrected chi connectivity index (χ3v) is 4.82. The predicted molar refractivity (Wildman–Crippen MR) is 74.3 cm³/mol. The van der Waals surface area contributed by atoms with Crippen molar-refractivity contribution in [3.05, 3.63) is 34.4 Å². The van der Waals surface area contributed by atoms with Crippen LogP contribution in [0.15, 0.2) is 12.1 Å². The molecule has 0 heterocycles. The van der Waals surface area contributed by atoms with Crippen molar-refractivity contribution >= 4 is 5.78 Å². The molecule has 1 aromatic carbocycles. The summed E-state index contributed by atoms with van der Waals surface area (Å²) in [5.41, 5.74) is 5.56. The number of benzene rings is 1. The van der Waals surface area contributed by atoms with E-state index in [2.05, 4.69) is 39.8 Å². The van der Waals surface area contributed by atoms with Crippen LogP contribution in [0.5, 0.6) is 0 Å². The van der Waals surface area contributed by atoms with Crippen molar-refractivity contribution in [2.45, 2.75) is 58.3 Å². The summed E-state index contributed by atoms with van der Waals surface area (Å²) in [6.07, 6.45) is 2.10. The summed E-state index contributed by atoms with van der Waals surface area (Å²) in [7, 11) is 0. The summed E-state index contributed by atoms with van der Waals surface area (Å²) >= 11 is 0. The maximum atomic E-state index is 12.2. The number of ketones is 1. The first-order chi connectivity index (χ1) is 8.22. The van der Waals surface area contributed by atoms with E-state index >= 15 is 0 Å². The van der Waals surface area contributed by atoms with Gasteiger partial charge in [-0.05, 0) is 46.4 Å². The highest BCUT2D eigenvalue weighted by Gasteiger charge is 2.43. The molecule has 0 saturated heterocycles. The summed E-state index contributed by atoms with van der Waals surface area (Å²) in [6.45, 7) is 11.3. The standard InChI is InChI=1S/C17H22O/c1-10-6-11-7-13-14(8-12(11)15(10)18)17(4,5)9-16(13,2)3/h7-8,10H,6,9H2,1-5H3. The normalized spacial score (nSPS) is 27.2. The zero-order chi connectivity index (χ0) is 13.3. The average Bonchev–Trinajstić information content (AvgIpc) is 2.60. The fourth-order valence-electron chi connectivity index (χ4n) is 4.15. The first-order valence-electron chi connectivity index (χ1n) is 6.94. The van der Waals surface area contributed by atoms with Crippen LogP contribution in [-0.4, -0.2) is 5.78 Å². The quantitative estimate of drug-likeness (QED) is 0.671. The van der Waals surface area contributed by atoms with Crippen molar-refractivity contribution in [3.63, 3.8) is 0 Å². The van der Waals surface area contributed by atoms with Crippen molar-refractivity contribution in [2.24, 2.45) is 5.92 Å². The summed E-state index contributed by atoms with van der Waals surface area (Å²) in [5.74, 6) is 0.516. The molecule has 1 heteroatoms. The highest BCUT2D eigenvalue weighted by Crippen LogP contribution is 2.50. The first-order valence-corrected chi connectivity index (χ1v) is 6.94. The third-order valence-electron chi connectivity index (χ3n) is 4.82. The molecule has 3 rings (SSSR count). The second-order valence-corrected chi connectivity index (χ2v) is 7.47. The lowest BCUT2D eigenvalue weighted by molar-refractivity contribution is 0.0946. The van der Waals surface area contributed by atoms with Gasteiger partial charge < -0.3 is 0 Å². The molecular formula is C17H22O. The lowest BCUT2D eigenvalue weighted by Gasteiger charge is -2.22. The van der Waals surface area contributed by atoms with E-state index in [-0.39, 0.29) is 16.7 Å². The van der Waals surface area contributed by atoms with Gasteiger partial charge in [-0.15, -0.1) is 0 Å². The molecule has 18 heavy (non-hydrogen) atoms. The van der Waals surface area contributed by atoms with Gasteiger partial charge >= 0.3 is 0 Å². The number of Topliss-reactive ketones (excluding diaryl/α,β-unsaturated/α-hetero) is 1. The molecule has 0 fully saturated rings. The van der Waals surface area contributed by atoms with E-state index in [1.165, 1.54) is 23.1 Å². The maximum Gasteiger partial charge on any atom is 0.166 e. The molecule has 1 atom stereocenters. The summed E-state index contributed by atoms with van der Waals surface area (Å²) in [5, 5.41) is 0. The SMILES string of the molecule is CC1Cc2cc3c(cc2C1=O)C(C)(C)CC3(C)C. The van der Waals surface area contributed by atoms with Crippen LogP contribution >= 0.6 is 0 Å². The molecule has 0 radical (unpaired) electrons. The molecule has 1 nitrogen and oxygen atoms in total. The Hall–Kier alpha value is -1.11. The van der Waals surface area contributed by atoms with E-state index in [1.54, 1.807) is 0 Å². The molecule has 0 aromatic heterocycles. The molecule has 0 bridgehead atoms. The van der Waals surface area contributed by atoms with Crippen molar-refractivity contribution in [3.8, 4) is 0 Å². The summed E-state index contributed by atoms with van der Waals surface area (Å²) in [6, 6.07) is 4.52. The molecule has 0 aliphatic heterocycles. The zero-order valence-electron chi connectivity index (χ0n) is 12.1. The van der Waals surface area contributed by atoms with Gasteiger partial charge in [0.2, 0.25) is 0 Å². The second kappa shape index (κ2) is 3.26. The van der Waals surface area contributed by atoms with Crippen LogP contribution in [0.25, 0.3) is 0 Å². The Labute approximate surface area is 110 Å². The Morgan fingerprint density at radius 3 is 2.22 bits per heavy atom. The molecule has 0 saturated carbocycles. The first kappa shape index (κ1) is 12.0. The van der Waals surface area contributed by atoms with Crippen LogP contribution in [0.3, 0.4) is 0 Å². The van der Waals surface area contributed by atoms with E-state index in [9.17, 15) is 4.79 Å². The Bertz CT molecular complexity index is 549. The summed E-state index contributed by atoms with van der Waals surface area (Å²) < 4.78 is 0. The average molecular weight is 242 g/mol. The number of carbonyl (C=O) groups is 1. The van der Waals surface area contributed by atoms with Gasteiger partial charge in [-0.3, -0.25) is 4.79 Å². The van der Waals surface area contributed by atoms with Crippen molar-refractivity contribution in [1.82, 2.24) is 0 Å². The summed E-state index contributed by atoms with van der Waals surface area (Å²) in [4.78, 5) is 12.2. The zero-order valence-corrected chi connectivity index (χ0v) is 12.1. The van der Waals surface area contributed by atoms with Crippen molar-refractivity contribution in [2.75, 3.05) is 0 Å². The Kier molecular flexibility index (Phi) is 2.16. The second-order valence-electron chi connectivity index (χ2n) is 7.47. The third kappa shape index (κ3) is 1.43. The smallest absolute Gasteiger partial charge is 0.166 e. The topological polar surface area (TPSA) is 17.1 Å². The van der Waals surface area contributed by atoms with Gasteiger partial charge in [0.25, 0.3) is 0 Å². The minimum absolute atomic E-state index is 0.175. The van der Waals surface area contributed by atoms with Crippen LogP contribution in [0.1, 0.15) is 68.1 Å². The molecule has 1 aromatic rings. The fourth-order valence-corrected chi connectivity index (χ4v) is 4.15. The fraction of sp³-hybridized carbons (Fsp3) is 0.588. The molecule has 2 aliphatic rings. The number of carbonyl (C=O) groups excluding carboxylic acids is 1. The molecule has 96 valence electrons. The van der Waals surface area contributed by atoms with E-state index in [0.29, 0.717) is 5.78 Å². The van der Waals surface area contributed by atoms with E-state index < -0.39 is 0 Å². The molecule has 2 aliphatic carbocycles. The number of fused-ring (bicyclic) bond motifs is 2. The minimum Gasteiger partial charge on any atom is -0.294 e. The van der Waals surface area contributed by atoms with Crippen LogP contribution in [-0.2, 0) is 17.3 Å². The number of hydrogen-bond acceptors (Lipinski definition) is 1. The van der Waals surface area contributed by atoms with Gasteiger partial charge in [-0.2, -0.15) is 0 Å². The van der Waals surface area contributed by atoms with Gasteiger partial charge in [0, 0.05) is 11.5 Å². The lowest BCUT2D eigenvalue weighted by Crippen LogP contribution is -2.18. The van der Waals surface area contributed by atoms with Crippen LogP contribution in [0.2, 0.25) is 0 Å². The molecular weight excluding hydrogens is 220 g/mol. The van der Waals surface area contributed by atoms with Crippen molar-refractivity contribution < 1.29 is 4.79 Å². The van der Waals surface area contributed by atoms with E-state index in [0.717, 1.165) is 12.0 Å². The highest BCUT2D eigenvalue weighted by atomic mass is 16.1. The predicted octanol–water partition coefficient (Wildman–Crippen LogP) is 4.02. The number of hydrogen-bond donors (Lipinski definition) is 0. The van der Waals surface area contributed by atoms with Crippen LogP contribution in [0.4, 0.5) is 0 Å². The van der Waals surface area contributed by atoms with Crippen LogP contribution < -0.4 is 0 Å². The molecule has 0 N–H and O–H groups in total. The lowest BCUT2D eigenvalue weighted by atomic mass is 9.82. The molecule has 0 amide bonds. The Balaban J connectivity index is 2.25. The van der Waals surface area contributed by atoms with Gasteiger partial charge in [-0.1, -0.05) is 40.7 Å².